The first kappa shape index (κ1) is 35.8. The molecule has 13 N–H and O–H groups in total. The Morgan fingerprint density at radius 3 is 2.14 bits per heavy atom. The topological polar surface area (TPSA) is 335 Å². The van der Waals surface area contributed by atoms with E-state index in [4.69, 9.17) is 23.7 Å². The highest BCUT2D eigenvalue weighted by Crippen LogP contribution is 2.35. The monoisotopic (exact) mass is 633 g/mol. The first-order valence-electron chi connectivity index (χ1n) is 13.2. The van der Waals surface area contributed by atoms with E-state index in [2.05, 4.69) is 5.32 Å². The van der Waals surface area contributed by atoms with Gasteiger partial charge < -0.3 is 90.3 Å². The van der Waals surface area contributed by atoms with Crippen LogP contribution in [0.1, 0.15) is 13.3 Å². The van der Waals surface area contributed by atoms with Gasteiger partial charge in [0.25, 0.3) is 5.79 Å². The normalized spacial score (nSPS) is 45.3. The molecule has 1 unspecified atom stereocenters. The number of carbonyl (C=O) groups is 2. The van der Waals surface area contributed by atoms with Crippen LogP contribution in [-0.4, -0.2) is 191 Å². The van der Waals surface area contributed by atoms with Crippen molar-refractivity contribution in [3.8, 4) is 0 Å². The quantitative estimate of drug-likeness (QED) is 0.100. The van der Waals surface area contributed by atoms with E-state index < -0.39 is 136 Å². The molecular weight excluding hydrogens is 594 g/mol. The molecule has 0 spiro atoms. The van der Waals surface area contributed by atoms with E-state index in [1.54, 1.807) is 0 Å². The van der Waals surface area contributed by atoms with Gasteiger partial charge in [-0.3, -0.25) is 4.79 Å². The fourth-order valence-corrected chi connectivity index (χ4v) is 5.05. The largest absolute Gasteiger partial charge is 0.477 e. The lowest BCUT2D eigenvalue weighted by molar-refractivity contribution is -0.365. The minimum absolute atomic E-state index is 0.725. The third kappa shape index (κ3) is 7.58. The minimum Gasteiger partial charge on any atom is -0.477 e. The van der Waals surface area contributed by atoms with Gasteiger partial charge in [-0.2, -0.15) is 0 Å². The summed E-state index contributed by atoms with van der Waals surface area (Å²) in [6.45, 7) is -1.77. The molecule has 3 fully saturated rings. The number of carboxylic acids is 1. The molecular formula is C23H39NO19. The fraction of sp³-hybridized carbons (Fsp3) is 0.913. The molecule has 0 aromatic rings. The van der Waals surface area contributed by atoms with Gasteiger partial charge in [0.15, 0.2) is 12.6 Å². The highest BCUT2D eigenvalue weighted by Gasteiger charge is 2.57. The van der Waals surface area contributed by atoms with Crippen LogP contribution in [0.15, 0.2) is 0 Å². The van der Waals surface area contributed by atoms with Crippen molar-refractivity contribution in [1.82, 2.24) is 5.32 Å². The third-order valence-corrected chi connectivity index (χ3v) is 7.47. The summed E-state index contributed by atoms with van der Waals surface area (Å²) in [4.78, 5) is 24.1. The van der Waals surface area contributed by atoms with E-state index in [1.165, 1.54) is 0 Å². The summed E-state index contributed by atoms with van der Waals surface area (Å²) in [7, 11) is 0. The number of hydrogen-bond donors (Lipinski definition) is 13. The lowest BCUT2D eigenvalue weighted by Crippen LogP contribution is -2.68. The maximum Gasteiger partial charge on any atom is 0.364 e. The van der Waals surface area contributed by atoms with E-state index in [0.29, 0.717) is 0 Å². The van der Waals surface area contributed by atoms with Crippen LogP contribution in [0.3, 0.4) is 0 Å². The second-order valence-electron chi connectivity index (χ2n) is 10.5. The van der Waals surface area contributed by atoms with Crippen molar-refractivity contribution in [3.63, 3.8) is 0 Å². The van der Waals surface area contributed by atoms with Crippen molar-refractivity contribution < 1.29 is 94.6 Å². The first-order valence-corrected chi connectivity index (χ1v) is 13.2. The average molecular weight is 634 g/mol. The van der Waals surface area contributed by atoms with E-state index in [1.807, 2.05) is 0 Å². The number of ether oxygens (including phenoxy) is 5. The van der Waals surface area contributed by atoms with Crippen LogP contribution in [0.25, 0.3) is 0 Å². The van der Waals surface area contributed by atoms with E-state index >= 15 is 0 Å². The summed E-state index contributed by atoms with van der Waals surface area (Å²) >= 11 is 0. The number of rotatable bonds is 11. The SMILES string of the molecule is CC(=O)N[C@H]1[C@H]([C@H](O)[C@H](O)CO)O[C@](OC[C@H]2OC(O)[C@H](O)[C@@H](O)[C@@H]2O[C@@H]2O[C@H](CO)[C@H](O)[C@@H](O)[C@H]2O)(C(=O)O)C[C@@H]1O. The summed E-state index contributed by atoms with van der Waals surface area (Å²) < 4.78 is 26.9. The van der Waals surface area contributed by atoms with Gasteiger partial charge in [0, 0.05) is 13.3 Å². The molecule has 3 aliphatic heterocycles. The molecule has 0 aliphatic carbocycles. The Bertz CT molecular complexity index is 942. The van der Waals surface area contributed by atoms with E-state index in [-0.39, 0.29) is 0 Å². The second kappa shape index (κ2) is 14.6. The van der Waals surface area contributed by atoms with Gasteiger partial charge >= 0.3 is 5.97 Å². The zero-order valence-corrected chi connectivity index (χ0v) is 22.7. The number of hydrogen-bond acceptors (Lipinski definition) is 18. The number of carbonyl (C=O) groups excluding carboxylic acids is 1. The molecule has 0 aromatic heterocycles. The van der Waals surface area contributed by atoms with Gasteiger partial charge in [-0.15, -0.1) is 0 Å². The van der Waals surface area contributed by atoms with Crippen LogP contribution in [0.2, 0.25) is 0 Å². The molecule has 3 aliphatic rings. The molecule has 0 aromatic carbocycles. The van der Waals surface area contributed by atoms with Crippen LogP contribution < -0.4 is 5.32 Å². The maximum absolute atomic E-state index is 12.4. The highest BCUT2D eigenvalue weighted by molar-refractivity contribution is 5.76. The van der Waals surface area contributed by atoms with Crippen LogP contribution in [-0.2, 0) is 33.3 Å². The Balaban J connectivity index is 1.87. The van der Waals surface area contributed by atoms with E-state index in [0.717, 1.165) is 6.92 Å². The molecule has 3 heterocycles. The van der Waals surface area contributed by atoms with Crippen LogP contribution in [0.4, 0.5) is 0 Å². The molecule has 20 nitrogen and oxygen atoms in total. The lowest BCUT2D eigenvalue weighted by atomic mass is 9.88. The summed E-state index contributed by atoms with van der Waals surface area (Å²) in [6, 6.07) is -1.49. The number of carboxylic acid groups (broad SMARTS) is 1. The molecule has 1 amide bonds. The first-order chi connectivity index (χ1) is 20.1. The zero-order chi connectivity index (χ0) is 32.4. The smallest absolute Gasteiger partial charge is 0.364 e. The Labute approximate surface area is 243 Å². The van der Waals surface area contributed by atoms with Gasteiger partial charge in [0.05, 0.1) is 32.0 Å². The number of aliphatic hydroxyl groups is 11. The number of aliphatic carboxylic acids is 1. The van der Waals surface area contributed by atoms with Crippen molar-refractivity contribution in [2.75, 3.05) is 19.8 Å². The lowest BCUT2D eigenvalue weighted by Gasteiger charge is -2.48. The Morgan fingerprint density at radius 1 is 0.930 bits per heavy atom. The average Bonchev–Trinajstić information content (AvgIpc) is 2.96. The Morgan fingerprint density at radius 2 is 1.58 bits per heavy atom. The molecule has 0 bridgehead atoms. The molecule has 0 radical (unpaired) electrons. The van der Waals surface area contributed by atoms with Crippen LogP contribution in [0.5, 0.6) is 0 Å². The minimum atomic E-state index is -2.85. The zero-order valence-electron chi connectivity index (χ0n) is 22.7. The van der Waals surface area contributed by atoms with Crippen LogP contribution >= 0.6 is 0 Å². The molecule has 0 saturated carbocycles. The summed E-state index contributed by atoms with van der Waals surface area (Å²) in [6.07, 6.45) is -27.1. The predicted octanol–water partition coefficient (Wildman–Crippen LogP) is -8.22. The van der Waals surface area contributed by atoms with Crippen molar-refractivity contribution in [2.24, 2.45) is 0 Å². The predicted molar refractivity (Wildman–Crippen MR) is 130 cm³/mol. The molecule has 43 heavy (non-hydrogen) atoms. The van der Waals surface area contributed by atoms with E-state index in [9.17, 15) is 70.9 Å². The molecule has 16 atom stereocenters. The summed E-state index contributed by atoms with van der Waals surface area (Å²) in [5, 5.41) is 123. The fourth-order valence-electron chi connectivity index (χ4n) is 5.05. The van der Waals surface area contributed by atoms with Crippen molar-refractivity contribution in [2.45, 2.75) is 111 Å². The molecule has 20 heteroatoms. The van der Waals surface area contributed by atoms with Gasteiger partial charge in [0.1, 0.15) is 67.1 Å². The third-order valence-electron chi connectivity index (χ3n) is 7.47. The molecule has 3 saturated heterocycles. The van der Waals surface area contributed by atoms with Crippen molar-refractivity contribution >= 4 is 11.9 Å². The molecule has 3 rings (SSSR count). The summed E-state index contributed by atoms with van der Waals surface area (Å²) in [5.74, 6) is -5.46. The second-order valence-corrected chi connectivity index (χ2v) is 10.5. The maximum atomic E-state index is 12.4. The van der Waals surface area contributed by atoms with Crippen molar-refractivity contribution in [3.05, 3.63) is 0 Å². The van der Waals surface area contributed by atoms with Gasteiger partial charge in [-0.1, -0.05) is 0 Å². The Kier molecular flexibility index (Phi) is 12.1. The number of aliphatic hydroxyl groups excluding tert-OH is 11. The molecule has 250 valence electrons. The number of nitrogens with one attached hydrogen (secondary N) is 1. The van der Waals surface area contributed by atoms with Gasteiger partial charge in [-0.25, -0.2) is 4.79 Å². The van der Waals surface area contributed by atoms with Gasteiger partial charge in [-0.05, 0) is 0 Å². The standard InChI is InChI=1S/C23H39NO19/c1-6(27)24-11-7(28)2-23(22(37)38,43-19(11)12(30)8(29)3-25)39-5-10-18(15(33)16(34)20(36)40-10)42-21-17(35)14(32)13(31)9(4-26)41-21/h7-21,25-26,28-36H,2-5H2,1H3,(H,24,27)(H,37,38)/t7-,8+,9+,10+,11+,12+,13-,14+,15+,16+,17+,18+,19+,20?,21-,23-/m0/s1. The van der Waals surface area contributed by atoms with Gasteiger partial charge in [0.2, 0.25) is 5.91 Å². The number of amides is 1. The Hall–Kier alpha value is -1.70. The summed E-state index contributed by atoms with van der Waals surface area (Å²) in [5.41, 5.74) is 0. The van der Waals surface area contributed by atoms with Crippen molar-refractivity contribution in [1.29, 1.82) is 0 Å². The van der Waals surface area contributed by atoms with Crippen LogP contribution in [0, 0.1) is 0 Å². The highest BCUT2D eigenvalue weighted by atomic mass is 16.8.